The van der Waals surface area contributed by atoms with E-state index in [9.17, 15) is 8.42 Å². The largest absolute Gasteiger partial charge is 0.243 e. The second kappa shape index (κ2) is 5.65. The minimum Gasteiger partial charge on any atom is -0.207 e. The van der Waals surface area contributed by atoms with E-state index in [2.05, 4.69) is 6.92 Å². The Morgan fingerprint density at radius 1 is 1.24 bits per heavy atom. The number of aryl methyl sites for hydroxylation is 2. The highest BCUT2D eigenvalue weighted by molar-refractivity contribution is 7.89. The van der Waals surface area contributed by atoms with E-state index in [1.165, 1.54) is 4.31 Å². The van der Waals surface area contributed by atoms with Crippen LogP contribution in [0, 0.1) is 13.8 Å². The van der Waals surface area contributed by atoms with Crippen LogP contribution in [0.15, 0.2) is 23.1 Å². The third kappa shape index (κ3) is 3.30. The molecular formula is C13H21NO2S. The van der Waals surface area contributed by atoms with E-state index in [1.807, 2.05) is 26.0 Å². The standard InChI is InChI=1S/C13H21NO2S/c1-5-6-9-14(4)17(15,16)13-10-11(2)7-8-12(13)3/h7-8,10H,5-6,9H2,1-4H3. The third-order valence-corrected chi connectivity index (χ3v) is 4.86. The molecule has 0 radical (unpaired) electrons. The lowest BCUT2D eigenvalue weighted by atomic mass is 10.2. The summed E-state index contributed by atoms with van der Waals surface area (Å²) in [5.41, 5.74) is 1.78. The first-order valence-electron chi connectivity index (χ1n) is 5.93. The maximum atomic E-state index is 12.3. The van der Waals surface area contributed by atoms with Crippen LogP contribution in [0.4, 0.5) is 0 Å². The smallest absolute Gasteiger partial charge is 0.207 e. The lowest BCUT2D eigenvalue weighted by molar-refractivity contribution is 0.459. The van der Waals surface area contributed by atoms with E-state index in [0.717, 1.165) is 24.0 Å². The van der Waals surface area contributed by atoms with Crippen LogP contribution in [-0.2, 0) is 10.0 Å². The van der Waals surface area contributed by atoms with Crippen molar-refractivity contribution in [1.82, 2.24) is 4.31 Å². The number of unbranched alkanes of at least 4 members (excludes halogenated alkanes) is 1. The van der Waals surface area contributed by atoms with Gasteiger partial charge in [0.1, 0.15) is 0 Å². The van der Waals surface area contributed by atoms with Crippen LogP contribution < -0.4 is 0 Å². The van der Waals surface area contributed by atoms with Crippen LogP contribution in [0.3, 0.4) is 0 Å². The topological polar surface area (TPSA) is 37.4 Å². The van der Waals surface area contributed by atoms with Crippen molar-refractivity contribution in [2.24, 2.45) is 0 Å². The Bertz CT molecular complexity index is 480. The molecule has 0 atom stereocenters. The van der Waals surface area contributed by atoms with Gasteiger partial charge in [-0.2, -0.15) is 0 Å². The fourth-order valence-electron chi connectivity index (χ4n) is 1.65. The monoisotopic (exact) mass is 255 g/mol. The lowest BCUT2D eigenvalue weighted by Gasteiger charge is -2.18. The molecule has 0 spiro atoms. The molecule has 0 heterocycles. The van der Waals surface area contributed by atoms with Crippen LogP contribution in [-0.4, -0.2) is 26.3 Å². The normalized spacial score (nSPS) is 12.1. The van der Waals surface area contributed by atoms with E-state index in [0.29, 0.717) is 11.4 Å². The van der Waals surface area contributed by atoms with Crippen LogP contribution in [0.2, 0.25) is 0 Å². The van der Waals surface area contributed by atoms with Gasteiger partial charge in [0.05, 0.1) is 4.90 Å². The average Bonchev–Trinajstić information content (AvgIpc) is 2.28. The summed E-state index contributed by atoms with van der Waals surface area (Å²) < 4.78 is 26.1. The highest BCUT2D eigenvalue weighted by Gasteiger charge is 2.22. The van der Waals surface area contributed by atoms with Gasteiger partial charge in [0, 0.05) is 13.6 Å². The Labute approximate surface area is 105 Å². The number of sulfonamides is 1. The van der Waals surface area contributed by atoms with Crippen molar-refractivity contribution in [1.29, 1.82) is 0 Å². The molecule has 0 N–H and O–H groups in total. The minimum atomic E-state index is -3.33. The predicted molar refractivity (Wildman–Crippen MR) is 70.6 cm³/mol. The molecule has 4 heteroatoms. The summed E-state index contributed by atoms with van der Waals surface area (Å²) >= 11 is 0. The van der Waals surface area contributed by atoms with E-state index in [1.54, 1.807) is 13.1 Å². The van der Waals surface area contributed by atoms with Gasteiger partial charge < -0.3 is 0 Å². The molecule has 0 amide bonds. The van der Waals surface area contributed by atoms with Gasteiger partial charge in [-0.05, 0) is 37.5 Å². The Hall–Kier alpha value is -0.870. The molecule has 1 rings (SSSR count). The van der Waals surface area contributed by atoms with Gasteiger partial charge in [0.25, 0.3) is 0 Å². The third-order valence-electron chi connectivity index (χ3n) is 2.86. The first kappa shape index (κ1) is 14.2. The number of benzene rings is 1. The summed E-state index contributed by atoms with van der Waals surface area (Å²) in [6.07, 6.45) is 1.88. The molecule has 0 aliphatic rings. The second-order valence-electron chi connectivity index (χ2n) is 4.45. The molecule has 0 unspecified atom stereocenters. The van der Waals surface area contributed by atoms with Crippen molar-refractivity contribution in [3.05, 3.63) is 29.3 Å². The summed E-state index contributed by atoms with van der Waals surface area (Å²) in [5.74, 6) is 0. The molecule has 0 saturated heterocycles. The Morgan fingerprint density at radius 3 is 2.47 bits per heavy atom. The van der Waals surface area contributed by atoms with Crippen molar-refractivity contribution >= 4 is 10.0 Å². The van der Waals surface area contributed by atoms with Crippen molar-refractivity contribution in [3.8, 4) is 0 Å². The predicted octanol–water partition coefficient (Wildman–Crippen LogP) is 2.72. The first-order valence-corrected chi connectivity index (χ1v) is 7.37. The molecule has 1 aromatic carbocycles. The van der Waals surface area contributed by atoms with Crippen LogP contribution in [0.1, 0.15) is 30.9 Å². The van der Waals surface area contributed by atoms with Gasteiger partial charge >= 0.3 is 0 Å². The summed E-state index contributed by atoms with van der Waals surface area (Å²) in [5, 5.41) is 0. The fourth-order valence-corrected chi connectivity index (χ4v) is 3.17. The van der Waals surface area contributed by atoms with E-state index in [4.69, 9.17) is 0 Å². The lowest BCUT2D eigenvalue weighted by Crippen LogP contribution is -2.28. The SMILES string of the molecule is CCCCN(C)S(=O)(=O)c1cc(C)ccc1C. The Kier molecular flexibility index (Phi) is 4.71. The van der Waals surface area contributed by atoms with Gasteiger partial charge in [-0.15, -0.1) is 0 Å². The fraction of sp³-hybridized carbons (Fsp3) is 0.538. The van der Waals surface area contributed by atoms with Gasteiger partial charge in [0.15, 0.2) is 0 Å². The van der Waals surface area contributed by atoms with Crippen molar-refractivity contribution in [2.45, 2.75) is 38.5 Å². The van der Waals surface area contributed by atoms with E-state index < -0.39 is 10.0 Å². The molecule has 1 aromatic rings. The molecule has 0 aliphatic heterocycles. The molecule has 0 aliphatic carbocycles. The molecule has 3 nitrogen and oxygen atoms in total. The summed E-state index contributed by atoms with van der Waals surface area (Å²) in [4.78, 5) is 0.427. The first-order chi connectivity index (χ1) is 7.89. The Balaban J connectivity index is 3.08. The summed E-state index contributed by atoms with van der Waals surface area (Å²) in [6.45, 7) is 6.37. The maximum Gasteiger partial charge on any atom is 0.243 e. The molecule has 0 saturated carbocycles. The van der Waals surface area contributed by atoms with Crippen LogP contribution in [0.5, 0.6) is 0 Å². The van der Waals surface area contributed by atoms with Crippen molar-refractivity contribution in [2.75, 3.05) is 13.6 Å². The average molecular weight is 255 g/mol. The molecule has 96 valence electrons. The van der Waals surface area contributed by atoms with E-state index >= 15 is 0 Å². The number of nitrogens with zero attached hydrogens (tertiary/aromatic N) is 1. The zero-order valence-corrected chi connectivity index (χ0v) is 11.8. The maximum absolute atomic E-state index is 12.3. The second-order valence-corrected chi connectivity index (χ2v) is 6.46. The molecule has 0 bridgehead atoms. The van der Waals surface area contributed by atoms with E-state index in [-0.39, 0.29) is 0 Å². The van der Waals surface area contributed by atoms with Crippen LogP contribution in [0.25, 0.3) is 0 Å². The minimum absolute atomic E-state index is 0.427. The zero-order chi connectivity index (χ0) is 13.1. The van der Waals surface area contributed by atoms with Crippen molar-refractivity contribution < 1.29 is 8.42 Å². The molecule has 0 fully saturated rings. The van der Waals surface area contributed by atoms with Gasteiger partial charge in [-0.25, -0.2) is 12.7 Å². The molecule has 17 heavy (non-hydrogen) atoms. The van der Waals surface area contributed by atoms with Gasteiger partial charge in [-0.3, -0.25) is 0 Å². The highest BCUT2D eigenvalue weighted by Crippen LogP contribution is 2.20. The zero-order valence-electron chi connectivity index (χ0n) is 11.0. The van der Waals surface area contributed by atoms with Crippen LogP contribution >= 0.6 is 0 Å². The van der Waals surface area contributed by atoms with Crippen molar-refractivity contribution in [3.63, 3.8) is 0 Å². The quantitative estimate of drug-likeness (QED) is 0.811. The number of hydrogen-bond donors (Lipinski definition) is 0. The Morgan fingerprint density at radius 2 is 1.88 bits per heavy atom. The molecule has 0 aromatic heterocycles. The van der Waals surface area contributed by atoms with Gasteiger partial charge in [-0.1, -0.05) is 25.5 Å². The summed E-state index contributed by atoms with van der Waals surface area (Å²) in [6, 6.07) is 5.53. The number of rotatable bonds is 5. The number of hydrogen-bond acceptors (Lipinski definition) is 2. The highest BCUT2D eigenvalue weighted by atomic mass is 32.2. The summed E-state index contributed by atoms with van der Waals surface area (Å²) in [7, 11) is -1.69. The van der Waals surface area contributed by atoms with Gasteiger partial charge in [0.2, 0.25) is 10.0 Å². The molecular weight excluding hydrogens is 234 g/mol.